The van der Waals surface area contributed by atoms with Crippen LogP contribution < -0.4 is 10.6 Å². The van der Waals surface area contributed by atoms with Gasteiger partial charge in [0.15, 0.2) is 0 Å². The summed E-state index contributed by atoms with van der Waals surface area (Å²) in [7, 11) is 1.68. The molecule has 1 aromatic rings. The van der Waals surface area contributed by atoms with Crippen LogP contribution in [0, 0.1) is 6.92 Å². The van der Waals surface area contributed by atoms with Crippen molar-refractivity contribution in [2.45, 2.75) is 26.7 Å². The van der Waals surface area contributed by atoms with E-state index in [-0.39, 0.29) is 0 Å². The summed E-state index contributed by atoms with van der Waals surface area (Å²) in [6.45, 7) is 7.92. The number of rotatable bonds is 11. The molecule has 0 radical (unpaired) electrons. The number of nitrogens with one attached hydrogen (secondary N) is 2. The fourth-order valence-corrected chi connectivity index (χ4v) is 1.75. The zero-order valence-corrected chi connectivity index (χ0v) is 12.7. The molecule has 1 aromatic heterocycles. The molecule has 1 rings (SSSR count). The second kappa shape index (κ2) is 10.4. The quantitative estimate of drug-likeness (QED) is 0.606. The van der Waals surface area contributed by atoms with Crippen LogP contribution in [0.3, 0.4) is 0 Å². The molecule has 0 saturated carbocycles. The fraction of sp³-hybridized carbons (Fsp3) is 0.714. The number of anilines is 2. The van der Waals surface area contributed by atoms with E-state index in [2.05, 4.69) is 27.5 Å². The molecular weight excluding hydrogens is 256 g/mol. The molecule has 0 fully saturated rings. The van der Waals surface area contributed by atoms with Gasteiger partial charge < -0.3 is 20.1 Å². The van der Waals surface area contributed by atoms with Crippen LogP contribution in [0.2, 0.25) is 0 Å². The van der Waals surface area contributed by atoms with Crippen LogP contribution in [-0.2, 0) is 9.47 Å². The molecule has 0 aliphatic heterocycles. The average molecular weight is 282 g/mol. The van der Waals surface area contributed by atoms with E-state index < -0.39 is 0 Å². The van der Waals surface area contributed by atoms with E-state index >= 15 is 0 Å². The Morgan fingerprint density at radius 2 is 1.80 bits per heavy atom. The molecule has 0 aliphatic rings. The highest BCUT2D eigenvalue weighted by Gasteiger charge is 2.05. The topological polar surface area (TPSA) is 68.3 Å². The largest absolute Gasteiger partial charge is 0.382 e. The Kier molecular flexibility index (Phi) is 8.66. The Balaban J connectivity index is 2.20. The lowest BCUT2D eigenvalue weighted by molar-refractivity contribution is 0.0691. The third-order valence-electron chi connectivity index (χ3n) is 2.87. The highest BCUT2D eigenvalue weighted by Crippen LogP contribution is 2.17. The van der Waals surface area contributed by atoms with Crippen LogP contribution >= 0.6 is 0 Å². The van der Waals surface area contributed by atoms with E-state index in [1.54, 1.807) is 13.4 Å². The van der Waals surface area contributed by atoms with Gasteiger partial charge in [-0.25, -0.2) is 9.97 Å². The lowest BCUT2D eigenvalue weighted by Gasteiger charge is -2.11. The summed E-state index contributed by atoms with van der Waals surface area (Å²) in [5, 5.41) is 6.57. The molecule has 114 valence electrons. The monoisotopic (exact) mass is 282 g/mol. The zero-order chi connectivity index (χ0) is 14.6. The van der Waals surface area contributed by atoms with Crippen molar-refractivity contribution >= 4 is 11.6 Å². The van der Waals surface area contributed by atoms with Crippen LogP contribution in [-0.4, -0.2) is 50.0 Å². The van der Waals surface area contributed by atoms with Crippen molar-refractivity contribution in [1.29, 1.82) is 0 Å². The highest BCUT2D eigenvalue weighted by atomic mass is 16.5. The first-order valence-electron chi connectivity index (χ1n) is 7.15. The summed E-state index contributed by atoms with van der Waals surface area (Å²) >= 11 is 0. The Morgan fingerprint density at radius 1 is 1.05 bits per heavy atom. The van der Waals surface area contributed by atoms with Crippen molar-refractivity contribution < 1.29 is 9.47 Å². The second-order valence-corrected chi connectivity index (χ2v) is 4.47. The minimum absolute atomic E-state index is 0.658. The van der Waals surface area contributed by atoms with Crippen LogP contribution in [0.15, 0.2) is 6.33 Å². The summed E-state index contributed by atoms with van der Waals surface area (Å²) in [6.07, 6.45) is 3.66. The maximum atomic E-state index is 5.41. The van der Waals surface area contributed by atoms with Gasteiger partial charge in [0.2, 0.25) is 0 Å². The van der Waals surface area contributed by atoms with Crippen molar-refractivity contribution in [1.82, 2.24) is 9.97 Å². The van der Waals surface area contributed by atoms with Gasteiger partial charge in [-0.1, -0.05) is 0 Å². The van der Waals surface area contributed by atoms with Gasteiger partial charge in [-0.2, -0.15) is 0 Å². The normalized spacial score (nSPS) is 10.6. The molecule has 0 amide bonds. The first-order valence-corrected chi connectivity index (χ1v) is 7.15. The number of ether oxygens (including phenoxy) is 2. The highest BCUT2D eigenvalue weighted by molar-refractivity contribution is 5.56. The number of unbranched alkanes of at least 4 members (excludes halogenated alkanes) is 1. The van der Waals surface area contributed by atoms with Crippen molar-refractivity contribution in [3.8, 4) is 0 Å². The van der Waals surface area contributed by atoms with Crippen molar-refractivity contribution in [2.75, 3.05) is 50.7 Å². The van der Waals surface area contributed by atoms with Gasteiger partial charge in [0.1, 0.15) is 18.0 Å². The molecule has 0 spiro atoms. The van der Waals surface area contributed by atoms with Crippen molar-refractivity contribution in [3.05, 3.63) is 11.9 Å². The first-order chi connectivity index (χ1) is 9.79. The zero-order valence-electron chi connectivity index (χ0n) is 12.7. The Labute approximate surface area is 121 Å². The number of hydrogen-bond acceptors (Lipinski definition) is 6. The van der Waals surface area contributed by atoms with E-state index in [0.717, 1.165) is 49.7 Å². The van der Waals surface area contributed by atoms with Gasteiger partial charge >= 0.3 is 0 Å². The molecule has 2 N–H and O–H groups in total. The average Bonchev–Trinajstić information content (AvgIpc) is 2.45. The number of methoxy groups -OCH3 is 1. The molecule has 0 bridgehead atoms. The molecule has 0 aliphatic carbocycles. The van der Waals surface area contributed by atoms with E-state index in [1.807, 2.05) is 6.92 Å². The summed E-state index contributed by atoms with van der Waals surface area (Å²) in [5.74, 6) is 1.80. The van der Waals surface area contributed by atoms with E-state index in [4.69, 9.17) is 9.47 Å². The molecule has 0 atom stereocenters. The van der Waals surface area contributed by atoms with Crippen LogP contribution in [0.25, 0.3) is 0 Å². The molecule has 0 saturated heterocycles. The number of hydrogen-bond donors (Lipinski definition) is 2. The SMILES string of the molecule is CCNc1ncnc(NCCCCOCCOC)c1C. The summed E-state index contributed by atoms with van der Waals surface area (Å²) in [5.41, 5.74) is 1.06. The van der Waals surface area contributed by atoms with Crippen molar-refractivity contribution in [2.24, 2.45) is 0 Å². The summed E-state index contributed by atoms with van der Waals surface area (Å²) in [6, 6.07) is 0. The van der Waals surface area contributed by atoms with Gasteiger partial charge in [0, 0.05) is 32.4 Å². The van der Waals surface area contributed by atoms with E-state index in [0.29, 0.717) is 13.2 Å². The second-order valence-electron chi connectivity index (χ2n) is 4.47. The van der Waals surface area contributed by atoms with Crippen LogP contribution in [0.4, 0.5) is 11.6 Å². The molecule has 0 unspecified atom stereocenters. The molecule has 6 heteroatoms. The lowest BCUT2D eigenvalue weighted by atomic mass is 10.3. The Morgan fingerprint density at radius 3 is 2.50 bits per heavy atom. The summed E-state index contributed by atoms with van der Waals surface area (Å²) in [4.78, 5) is 8.49. The van der Waals surface area contributed by atoms with Gasteiger partial charge in [0.05, 0.1) is 13.2 Å². The van der Waals surface area contributed by atoms with E-state index in [9.17, 15) is 0 Å². The van der Waals surface area contributed by atoms with Gasteiger partial charge in [-0.05, 0) is 26.7 Å². The fourth-order valence-electron chi connectivity index (χ4n) is 1.75. The molecule has 0 aromatic carbocycles. The van der Waals surface area contributed by atoms with Gasteiger partial charge in [-0.15, -0.1) is 0 Å². The molecule has 6 nitrogen and oxygen atoms in total. The predicted octanol–water partition coefficient (Wildman–Crippen LogP) is 2.07. The third-order valence-corrected chi connectivity index (χ3v) is 2.87. The minimum Gasteiger partial charge on any atom is -0.382 e. The Bertz CT molecular complexity index is 374. The maximum Gasteiger partial charge on any atom is 0.134 e. The van der Waals surface area contributed by atoms with Gasteiger partial charge in [-0.3, -0.25) is 0 Å². The van der Waals surface area contributed by atoms with Crippen molar-refractivity contribution in [3.63, 3.8) is 0 Å². The first kappa shape index (κ1) is 16.7. The number of nitrogens with zero attached hydrogens (tertiary/aromatic N) is 2. The standard InChI is InChI=1S/C14H26N4O2/c1-4-15-13-12(2)14(18-11-17-13)16-7-5-6-8-20-10-9-19-3/h11H,4-10H2,1-3H3,(H2,15,16,17,18). The maximum absolute atomic E-state index is 5.41. The van der Waals surface area contributed by atoms with Gasteiger partial charge in [0.25, 0.3) is 0 Å². The lowest BCUT2D eigenvalue weighted by Crippen LogP contribution is -2.10. The van der Waals surface area contributed by atoms with Crippen LogP contribution in [0.1, 0.15) is 25.3 Å². The smallest absolute Gasteiger partial charge is 0.134 e. The molecular formula is C14H26N4O2. The number of aromatic nitrogens is 2. The van der Waals surface area contributed by atoms with Crippen LogP contribution in [0.5, 0.6) is 0 Å². The van der Waals surface area contributed by atoms with E-state index in [1.165, 1.54) is 0 Å². The predicted molar refractivity (Wildman–Crippen MR) is 81.4 cm³/mol. The minimum atomic E-state index is 0.658. The summed E-state index contributed by atoms with van der Waals surface area (Å²) < 4.78 is 10.3. The molecule has 1 heterocycles. The third kappa shape index (κ3) is 6.16. The Hall–Kier alpha value is -1.40. The molecule has 20 heavy (non-hydrogen) atoms.